The maximum atomic E-state index is 13.8. The molecule has 3 aromatic rings. The summed E-state index contributed by atoms with van der Waals surface area (Å²) in [5, 5.41) is 0. The van der Waals surface area contributed by atoms with Crippen molar-refractivity contribution >= 4 is 0 Å². The number of unbranched alkanes of at least 4 members (excludes halogenated alkanes) is 3. The number of alkyl halides is 3. The van der Waals surface area contributed by atoms with E-state index in [0.717, 1.165) is 35.5 Å². The van der Waals surface area contributed by atoms with E-state index < -0.39 is 12.1 Å². The quantitative estimate of drug-likeness (QED) is 0.227. The number of hydrogen-bond acceptors (Lipinski definition) is 3. The Kier molecular flexibility index (Phi) is 9.88. The molecule has 0 saturated heterocycles. The van der Waals surface area contributed by atoms with Gasteiger partial charge in [-0.15, -0.1) is 0 Å². The van der Waals surface area contributed by atoms with Crippen LogP contribution in [0, 0.1) is 0 Å². The number of rotatable bonds is 13. The highest BCUT2D eigenvalue weighted by molar-refractivity contribution is 5.64. The molecule has 1 atom stereocenters. The molecule has 0 spiro atoms. The molecular weight excluding hydrogens is 453 g/mol. The van der Waals surface area contributed by atoms with Crippen LogP contribution in [0.3, 0.4) is 0 Å². The maximum Gasteiger partial charge on any atom is 0.395 e. The molecule has 0 saturated carbocycles. The summed E-state index contributed by atoms with van der Waals surface area (Å²) in [6, 6.07) is 21.0. The number of ether oxygens (including phenoxy) is 3. The highest BCUT2D eigenvalue weighted by Gasteiger charge is 2.40. The van der Waals surface area contributed by atoms with Gasteiger partial charge in [0.25, 0.3) is 0 Å². The van der Waals surface area contributed by atoms with Crippen LogP contribution in [0.2, 0.25) is 0 Å². The lowest BCUT2D eigenvalue weighted by Gasteiger charge is -2.21. The molecule has 6 heteroatoms. The highest BCUT2D eigenvalue weighted by Crippen LogP contribution is 2.38. The molecule has 3 nitrogen and oxygen atoms in total. The average Bonchev–Trinajstić information content (AvgIpc) is 2.87. The summed E-state index contributed by atoms with van der Waals surface area (Å²) in [5.74, 6) is 0.392. The van der Waals surface area contributed by atoms with E-state index in [-0.39, 0.29) is 18.6 Å². The first-order valence-corrected chi connectivity index (χ1v) is 12.1. The van der Waals surface area contributed by atoms with E-state index in [4.69, 9.17) is 14.2 Å². The summed E-state index contributed by atoms with van der Waals surface area (Å²) in [6.45, 7) is 2.78. The van der Waals surface area contributed by atoms with Gasteiger partial charge in [-0.2, -0.15) is 13.2 Å². The Morgan fingerprint density at radius 3 is 1.69 bits per heavy atom. The number of methoxy groups -OCH3 is 1. The van der Waals surface area contributed by atoms with E-state index in [9.17, 15) is 13.2 Å². The van der Waals surface area contributed by atoms with Crippen LogP contribution < -0.4 is 14.2 Å². The molecule has 188 valence electrons. The van der Waals surface area contributed by atoms with Crippen LogP contribution in [0.25, 0.3) is 11.1 Å². The van der Waals surface area contributed by atoms with Crippen LogP contribution in [0.1, 0.15) is 50.5 Å². The van der Waals surface area contributed by atoms with Crippen molar-refractivity contribution in [3.63, 3.8) is 0 Å². The van der Waals surface area contributed by atoms with Gasteiger partial charge in [0.15, 0.2) is 0 Å². The van der Waals surface area contributed by atoms with Crippen molar-refractivity contribution in [1.29, 1.82) is 0 Å². The zero-order chi connectivity index (χ0) is 25.1. The Labute approximate surface area is 205 Å². The topological polar surface area (TPSA) is 27.7 Å². The molecule has 0 aliphatic heterocycles. The van der Waals surface area contributed by atoms with E-state index in [1.165, 1.54) is 12.8 Å². The fraction of sp³-hybridized carbons (Fsp3) is 0.379. The number of halogens is 3. The molecule has 0 heterocycles. The van der Waals surface area contributed by atoms with Gasteiger partial charge in [-0.3, -0.25) is 0 Å². The average molecular weight is 487 g/mol. The minimum Gasteiger partial charge on any atom is -0.497 e. The molecule has 0 aromatic heterocycles. The van der Waals surface area contributed by atoms with Crippen molar-refractivity contribution in [1.82, 2.24) is 0 Å². The first-order valence-electron chi connectivity index (χ1n) is 12.1. The van der Waals surface area contributed by atoms with Crippen LogP contribution >= 0.6 is 0 Å². The normalized spacial score (nSPS) is 12.3. The minimum absolute atomic E-state index is 0.0401. The highest BCUT2D eigenvalue weighted by atomic mass is 19.4. The largest absolute Gasteiger partial charge is 0.497 e. The smallest absolute Gasteiger partial charge is 0.395 e. The van der Waals surface area contributed by atoms with Gasteiger partial charge in [-0.25, -0.2) is 0 Å². The monoisotopic (exact) mass is 486 g/mol. The molecule has 0 amide bonds. The summed E-state index contributed by atoms with van der Waals surface area (Å²) in [7, 11) is 1.59. The Morgan fingerprint density at radius 1 is 0.657 bits per heavy atom. The zero-order valence-electron chi connectivity index (χ0n) is 20.3. The molecule has 0 radical (unpaired) electrons. The third kappa shape index (κ3) is 8.23. The van der Waals surface area contributed by atoms with Gasteiger partial charge in [0.05, 0.1) is 26.2 Å². The Hall–Kier alpha value is -3.15. The first-order chi connectivity index (χ1) is 16.9. The van der Waals surface area contributed by atoms with Crippen LogP contribution in [-0.2, 0) is 0 Å². The second-order valence-electron chi connectivity index (χ2n) is 8.46. The van der Waals surface area contributed by atoms with Gasteiger partial charge < -0.3 is 14.2 Å². The summed E-state index contributed by atoms with van der Waals surface area (Å²) >= 11 is 0. The van der Waals surface area contributed by atoms with Gasteiger partial charge in [0, 0.05) is 0 Å². The van der Waals surface area contributed by atoms with E-state index in [2.05, 4.69) is 6.92 Å². The van der Waals surface area contributed by atoms with Crippen LogP contribution in [0.4, 0.5) is 13.2 Å². The molecule has 0 bridgehead atoms. The van der Waals surface area contributed by atoms with Gasteiger partial charge in [-0.1, -0.05) is 62.6 Å². The summed E-state index contributed by atoms with van der Waals surface area (Å²) in [6.07, 6.45) is -0.00604. The predicted octanol–water partition coefficient (Wildman–Crippen LogP) is 8.44. The van der Waals surface area contributed by atoms with Crippen molar-refractivity contribution in [2.75, 3.05) is 20.3 Å². The van der Waals surface area contributed by atoms with E-state index in [0.29, 0.717) is 12.4 Å². The van der Waals surface area contributed by atoms with Gasteiger partial charge >= 0.3 is 6.18 Å². The zero-order valence-corrected chi connectivity index (χ0v) is 20.3. The lowest BCUT2D eigenvalue weighted by molar-refractivity contribution is -0.153. The summed E-state index contributed by atoms with van der Waals surface area (Å²) in [4.78, 5) is 0. The summed E-state index contributed by atoms with van der Waals surface area (Å²) < 4.78 is 57.9. The van der Waals surface area contributed by atoms with Crippen molar-refractivity contribution in [2.45, 2.75) is 51.1 Å². The molecule has 0 fully saturated rings. The Balaban J connectivity index is 1.54. The maximum absolute atomic E-state index is 13.8. The SMILES string of the molecule is CCCCCCOc1ccc(OCCC(c2ccc(-c3ccc(OC)cc3)cc2)C(F)(F)F)cc1. The molecule has 1 unspecified atom stereocenters. The third-order valence-electron chi connectivity index (χ3n) is 5.90. The molecule has 0 aliphatic rings. The molecule has 3 rings (SSSR count). The fourth-order valence-electron chi connectivity index (χ4n) is 3.86. The van der Waals surface area contributed by atoms with Gasteiger partial charge in [-0.05, 0) is 65.9 Å². The first kappa shape index (κ1) is 26.5. The third-order valence-corrected chi connectivity index (χ3v) is 5.90. The predicted molar refractivity (Wildman–Crippen MR) is 133 cm³/mol. The molecule has 3 aromatic carbocycles. The fourth-order valence-corrected chi connectivity index (χ4v) is 3.86. The van der Waals surface area contributed by atoms with E-state index >= 15 is 0 Å². The molecule has 0 aliphatic carbocycles. The van der Waals surface area contributed by atoms with Crippen molar-refractivity contribution < 1.29 is 27.4 Å². The van der Waals surface area contributed by atoms with Crippen molar-refractivity contribution in [3.8, 4) is 28.4 Å². The lowest BCUT2D eigenvalue weighted by atomic mass is 9.93. The Morgan fingerprint density at radius 2 is 1.17 bits per heavy atom. The van der Waals surface area contributed by atoms with Crippen molar-refractivity contribution in [3.05, 3.63) is 78.4 Å². The number of benzene rings is 3. The van der Waals surface area contributed by atoms with Gasteiger partial charge in [0.1, 0.15) is 17.2 Å². The second kappa shape index (κ2) is 13.1. The van der Waals surface area contributed by atoms with Crippen LogP contribution in [0.15, 0.2) is 72.8 Å². The Bertz CT molecular complexity index is 997. The van der Waals surface area contributed by atoms with Crippen molar-refractivity contribution in [2.24, 2.45) is 0 Å². The minimum atomic E-state index is -4.36. The van der Waals surface area contributed by atoms with Crippen LogP contribution in [0.5, 0.6) is 17.2 Å². The van der Waals surface area contributed by atoms with Crippen LogP contribution in [-0.4, -0.2) is 26.5 Å². The molecule has 35 heavy (non-hydrogen) atoms. The molecular formula is C29H33F3O3. The summed E-state index contributed by atoms with van der Waals surface area (Å²) in [5.41, 5.74) is 1.99. The van der Waals surface area contributed by atoms with Gasteiger partial charge in [0.2, 0.25) is 0 Å². The standard InChI is InChI=1S/C29H33F3O3/c1-3-4-5-6-20-34-26-15-17-27(18-16-26)35-21-19-28(29(30,31)32)24-9-7-22(8-10-24)23-11-13-25(33-2)14-12-23/h7-18,28H,3-6,19-21H2,1-2H3. The number of hydrogen-bond donors (Lipinski definition) is 0. The second-order valence-corrected chi connectivity index (χ2v) is 8.46. The van der Waals surface area contributed by atoms with E-state index in [1.54, 1.807) is 55.6 Å². The lowest BCUT2D eigenvalue weighted by Crippen LogP contribution is -2.23. The molecule has 0 N–H and O–H groups in total. The van der Waals surface area contributed by atoms with E-state index in [1.807, 2.05) is 24.3 Å².